The number of thiocarbonyl (C=S) groups is 1. The maximum Gasteiger partial charge on any atom is 0.328 e. The van der Waals surface area contributed by atoms with Gasteiger partial charge in [0, 0.05) is 0 Å². The monoisotopic (exact) mass is 351 g/mol. The molecular formula is C15H13NO5S2. The molecule has 1 saturated heterocycles. The van der Waals surface area contributed by atoms with Gasteiger partial charge in [-0.3, -0.25) is 9.69 Å². The highest BCUT2D eigenvalue weighted by atomic mass is 32.2. The highest BCUT2D eigenvalue weighted by molar-refractivity contribution is 8.26. The highest BCUT2D eigenvalue weighted by Gasteiger charge is 2.38. The van der Waals surface area contributed by atoms with Crippen molar-refractivity contribution in [2.24, 2.45) is 0 Å². The summed E-state index contributed by atoms with van der Waals surface area (Å²) in [5, 5.41) is 0. The highest BCUT2D eigenvalue weighted by Crippen LogP contribution is 2.37. The number of carbonyl (C=O) groups excluding carboxylic acids is 2. The lowest BCUT2D eigenvalue weighted by molar-refractivity contribution is -0.147. The van der Waals surface area contributed by atoms with Crippen molar-refractivity contribution < 1.29 is 23.8 Å². The lowest BCUT2D eigenvalue weighted by Gasteiger charge is -2.20. The first kappa shape index (κ1) is 15.8. The fraction of sp³-hybridized carbons (Fsp3) is 0.267. The van der Waals surface area contributed by atoms with Crippen LogP contribution in [0.25, 0.3) is 6.08 Å². The van der Waals surface area contributed by atoms with E-state index >= 15 is 0 Å². The zero-order chi connectivity index (χ0) is 16.6. The Balaban J connectivity index is 1.85. The van der Waals surface area contributed by atoms with Crippen LogP contribution in [0.4, 0.5) is 0 Å². The quantitative estimate of drug-likeness (QED) is 0.470. The Labute approximate surface area is 142 Å². The Morgan fingerprint density at radius 3 is 2.91 bits per heavy atom. The number of esters is 1. The summed E-state index contributed by atoms with van der Waals surface area (Å²) in [6, 6.07) is 4.64. The van der Waals surface area contributed by atoms with Crippen molar-refractivity contribution in [1.29, 1.82) is 0 Å². The van der Waals surface area contributed by atoms with Crippen LogP contribution in [0.15, 0.2) is 23.1 Å². The van der Waals surface area contributed by atoms with Crippen LogP contribution in [0.2, 0.25) is 0 Å². The summed E-state index contributed by atoms with van der Waals surface area (Å²) in [7, 11) is 1.28. The summed E-state index contributed by atoms with van der Waals surface area (Å²) in [5.74, 6) is 0.493. The Hall–Kier alpha value is -2.06. The molecule has 1 amide bonds. The third-order valence-electron chi connectivity index (χ3n) is 3.45. The molecule has 0 aliphatic carbocycles. The van der Waals surface area contributed by atoms with Crippen molar-refractivity contribution >= 4 is 46.3 Å². The van der Waals surface area contributed by atoms with Crippen molar-refractivity contribution in [3.63, 3.8) is 0 Å². The molecule has 2 aliphatic rings. The number of nitrogens with zero attached hydrogens (tertiary/aromatic N) is 1. The topological polar surface area (TPSA) is 65.1 Å². The van der Waals surface area contributed by atoms with E-state index < -0.39 is 12.0 Å². The van der Waals surface area contributed by atoms with Crippen LogP contribution in [0.3, 0.4) is 0 Å². The second-order valence-corrected chi connectivity index (χ2v) is 6.54. The molecule has 0 radical (unpaired) electrons. The Morgan fingerprint density at radius 2 is 2.17 bits per heavy atom. The molecule has 1 atom stereocenters. The fourth-order valence-corrected chi connectivity index (χ4v) is 3.66. The van der Waals surface area contributed by atoms with Gasteiger partial charge in [0.2, 0.25) is 6.79 Å². The molecule has 120 valence electrons. The van der Waals surface area contributed by atoms with Crippen LogP contribution < -0.4 is 9.47 Å². The van der Waals surface area contributed by atoms with Crippen LogP contribution in [-0.4, -0.2) is 41.0 Å². The van der Waals surface area contributed by atoms with Crippen molar-refractivity contribution in [2.75, 3.05) is 13.9 Å². The van der Waals surface area contributed by atoms with Crippen molar-refractivity contribution in [1.82, 2.24) is 4.90 Å². The van der Waals surface area contributed by atoms with E-state index in [2.05, 4.69) is 4.74 Å². The maximum absolute atomic E-state index is 12.5. The van der Waals surface area contributed by atoms with E-state index in [0.717, 1.165) is 17.3 Å². The summed E-state index contributed by atoms with van der Waals surface area (Å²) in [5.41, 5.74) is 0.792. The van der Waals surface area contributed by atoms with Gasteiger partial charge in [-0.1, -0.05) is 30.0 Å². The number of benzene rings is 1. The van der Waals surface area contributed by atoms with Crippen molar-refractivity contribution in [2.45, 2.75) is 13.0 Å². The maximum atomic E-state index is 12.5. The van der Waals surface area contributed by atoms with E-state index in [1.165, 1.54) is 12.0 Å². The van der Waals surface area contributed by atoms with Gasteiger partial charge in [-0.15, -0.1) is 0 Å². The molecule has 0 N–H and O–H groups in total. The molecule has 0 spiro atoms. The van der Waals surface area contributed by atoms with E-state index in [1.54, 1.807) is 25.1 Å². The average Bonchev–Trinajstić information content (AvgIpc) is 3.10. The molecule has 2 aliphatic heterocycles. The third kappa shape index (κ3) is 2.91. The summed E-state index contributed by atoms with van der Waals surface area (Å²) in [4.78, 5) is 25.9. The first-order valence-corrected chi connectivity index (χ1v) is 7.98. The Morgan fingerprint density at radius 1 is 1.43 bits per heavy atom. The van der Waals surface area contributed by atoms with Gasteiger partial charge >= 0.3 is 5.97 Å². The first-order valence-electron chi connectivity index (χ1n) is 6.76. The van der Waals surface area contributed by atoms with Gasteiger partial charge in [0.15, 0.2) is 11.5 Å². The van der Waals surface area contributed by atoms with Gasteiger partial charge in [0.1, 0.15) is 10.4 Å². The molecule has 1 aromatic rings. The predicted octanol–water partition coefficient (Wildman–Crippen LogP) is 2.18. The van der Waals surface area contributed by atoms with Crippen LogP contribution >= 0.6 is 24.0 Å². The van der Waals surface area contributed by atoms with E-state index in [0.29, 0.717) is 20.7 Å². The zero-order valence-corrected chi connectivity index (χ0v) is 14.0. The van der Waals surface area contributed by atoms with E-state index in [4.69, 9.17) is 21.7 Å². The van der Waals surface area contributed by atoms with E-state index in [-0.39, 0.29) is 12.7 Å². The largest absolute Gasteiger partial charge is 0.467 e. The molecule has 0 aromatic heterocycles. The number of hydrogen-bond acceptors (Lipinski definition) is 7. The lowest BCUT2D eigenvalue weighted by Crippen LogP contribution is -2.42. The van der Waals surface area contributed by atoms with Crippen LogP contribution in [0.1, 0.15) is 12.5 Å². The van der Waals surface area contributed by atoms with Crippen molar-refractivity contribution in [3.8, 4) is 11.5 Å². The molecule has 8 heteroatoms. The van der Waals surface area contributed by atoms with Gasteiger partial charge in [-0.25, -0.2) is 4.79 Å². The number of methoxy groups -OCH3 is 1. The SMILES string of the molecule is COC(=O)C(C)N1C(=O)C(=Cc2ccc3c(c2)OCO3)SC1=S. The first-order chi connectivity index (χ1) is 11.0. The van der Waals surface area contributed by atoms with Gasteiger partial charge in [0.05, 0.1) is 12.0 Å². The summed E-state index contributed by atoms with van der Waals surface area (Å²) >= 11 is 6.36. The smallest absolute Gasteiger partial charge is 0.328 e. The van der Waals surface area contributed by atoms with Crippen molar-refractivity contribution in [3.05, 3.63) is 28.7 Å². The fourth-order valence-electron chi connectivity index (χ4n) is 2.24. The molecule has 1 aromatic carbocycles. The number of amides is 1. The third-order valence-corrected chi connectivity index (χ3v) is 4.78. The van der Waals surface area contributed by atoms with Gasteiger partial charge in [-0.05, 0) is 30.7 Å². The standard InChI is InChI=1S/C15H13NO5S2/c1-8(14(18)19-2)16-13(17)12(23-15(16)22)6-9-3-4-10-11(5-9)21-7-20-10/h3-6,8H,7H2,1-2H3. The minimum atomic E-state index is -0.754. The number of hydrogen-bond donors (Lipinski definition) is 0. The molecule has 6 nitrogen and oxygen atoms in total. The molecule has 0 bridgehead atoms. The predicted molar refractivity (Wildman–Crippen MR) is 89.1 cm³/mol. The number of ether oxygens (including phenoxy) is 3. The number of thioether (sulfide) groups is 1. The number of carbonyl (C=O) groups is 2. The minimum Gasteiger partial charge on any atom is -0.467 e. The zero-order valence-electron chi connectivity index (χ0n) is 12.4. The second kappa shape index (κ2) is 6.21. The molecule has 2 heterocycles. The van der Waals surface area contributed by atoms with Crippen LogP contribution in [0.5, 0.6) is 11.5 Å². The molecule has 23 heavy (non-hydrogen) atoms. The van der Waals surface area contributed by atoms with Crippen LogP contribution in [0, 0.1) is 0 Å². The minimum absolute atomic E-state index is 0.192. The summed E-state index contributed by atoms with van der Waals surface area (Å²) < 4.78 is 15.6. The summed E-state index contributed by atoms with van der Waals surface area (Å²) in [6.45, 7) is 1.78. The van der Waals surface area contributed by atoms with Gasteiger partial charge < -0.3 is 14.2 Å². The van der Waals surface area contributed by atoms with E-state index in [9.17, 15) is 9.59 Å². The molecule has 1 fully saturated rings. The van der Waals surface area contributed by atoms with Gasteiger partial charge in [0.25, 0.3) is 5.91 Å². The second-order valence-electron chi connectivity index (χ2n) is 4.86. The molecule has 0 saturated carbocycles. The lowest BCUT2D eigenvalue weighted by atomic mass is 10.2. The molecule has 1 unspecified atom stereocenters. The van der Waals surface area contributed by atoms with Gasteiger partial charge in [-0.2, -0.15) is 0 Å². The summed E-state index contributed by atoms with van der Waals surface area (Å²) in [6.07, 6.45) is 1.71. The molecule has 3 rings (SSSR count). The van der Waals surface area contributed by atoms with Crippen LogP contribution in [-0.2, 0) is 14.3 Å². The average molecular weight is 351 g/mol. The number of rotatable bonds is 3. The normalized spacial score (nSPS) is 19.4. The van der Waals surface area contributed by atoms with E-state index in [1.807, 2.05) is 6.07 Å². The number of fused-ring (bicyclic) bond motifs is 1. The Kier molecular flexibility index (Phi) is 4.27. The molecular weight excluding hydrogens is 338 g/mol. The Bertz CT molecular complexity index is 731.